The van der Waals surface area contributed by atoms with Crippen LogP contribution in [0.15, 0.2) is 24.3 Å². The first-order valence-electron chi connectivity index (χ1n) is 11.2. The van der Waals surface area contributed by atoms with Gasteiger partial charge in [0.05, 0.1) is 0 Å². The fourth-order valence-electron chi connectivity index (χ4n) is 4.93. The van der Waals surface area contributed by atoms with Crippen molar-refractivity contribution in [2.75, 3.05) is 39.3 Å². The summed E-state index contributed by atoms with van der Waals surface area (Å²) in [4.78, 5) is 33.1. The van der Waals surface area contributed by atoms with Gasteiger partial charge in [-0.2, -0.15) is 0 Å². The number of piperazine rings is 1. The summed E-state index contributed by atoms with van der Waals surface area (Å²) < 4.78 is 0. The molecule has 2 saturated heterocycles. The van der Waals surface area contributed by atoms with Gasteiger partial charge in [0.25, 0.3) is 0 Å². The smallest absolute Gasteiger partial charge is 0.245 e. The molecular weight excluding hydrogens is 400 g/mol. The molecule has 3 unspecified atom stereocenters. The lowest BCUT2D eigenvalue weighted by atomic mass is 9.91. The van der Waals surface area contributed by atoms with Crippen LogP contribution in [0.1, 0.15) is 37.8 Å². The summed E-state index contributed by atoms with van der Waals surface area (Å²) in [6, 6.07) is 8.33. The Morgan fingerprint density at radius 2 is 1.83 bits per heavy atom. The number of halogens is 1. The molecule has 2 amide bonds. The molecule has 3 atom stereocenters. The molecule has 3 heterocycles. The van der Waals surface area contributed by atoms with Gasteiger partial charge in [0.2, 0.25) is 11.8 Å². The van der Waals surface area contributed by atoms with E-state index in [-0.39, 0.29) is 36.2 Å². The van der Waals surface area contributed by atoms with E-state index >= 15 is 0 Å². The molecule has 0 aliphatic carbocycles. The topological polar surface area (TPSA) is 55.9 Å². The van der Waals surface area contributed by atoms with E-state index in [9.17, 15) is 9.59 Å². The van der Waals surface area contributed by atoms with E-state index in [2.05, 4.69) is 22.3 Å². The van der Waals surface area contributed by atoms with E-state index in [1.165, 1.54) is 11.1 Å². The van der Waals surface area contributed by atoms with Crippen molar-refractivity contribution in [2.24, 2.45) is 5.92 Å². The minimum Gasteiger partial charge on any atom is -0.339 e. The molecule has 0 radical (unpaired) electrons. The maximum absolute atomic E-state index is 13.6. The van der Waals surface area contributed by atoms with Crippen LogP contribution < -0.4 is 5.32 Å². The molecule has 1 aromatic carbocycles. The molecule has 1 aromatic rings. The fourth-order valence-corrected chi connectivity index (χ4v) is 4.93. The third kappa shape index (κ3) is 4.66. The van der Waals surface area contributed by atoms with Crippen molar-refractivity contribution >= 4 is 24.2 Å². The number of nitrogens with zero attached hydrogens (tertiary/aromatic N) is 3. The fraction of sp³-hybridized carbons (Fsp3) is 0.652. The van der Waals surface area contributed by atoms with Crippen molar-refractivity contribution in [2.45, 2.75) is 51.7 Å². The largest absolute Gasteiger partial charge is 0.339 e. The second kappa shape index (κ2) is 10.1. The summed E-state index contributed by atoms with van der Waals surface area (Å²) in [6.45, 7) is 10.3. The maximum atomic E-state index is 13.6. The summed E-state index contributed by atoms with van der Waals surface area (Å²) >= 11 is 0. The highest BCUT2D eigenvalue weighted by Gasteiger charge is 2.40. The highest BCUT2D eigenvalue weighted by Crippen LogP contribution is 2.28. The lowest BCUT2D eigenvalue weighted by Gasteiger charge is -2.39. The van der Waals surface area contributed by atoms with Crippen LogP contribution in [0.5, 0.6) is 0 Å². The zero-order chi connectivity index (χ0) is 20.4. The zero-order valence-electron chi connectivity index (χ0n) is 18.2. The standard InChI is InChI=1S/C23H34N4O2.ClH/c1-3-17(2)22(28)27-15-19-7-5-4-6-18(19)14-21(27)23(29)26-11-8-20(16-26)25-12-9-24-10-13-25;/h4-7,17,20-21,24H,3,8-16H2,1-2H3;1H. The molecule has 0 aromatic heterocycles. The predicted octanol–water partition coefficient (Wildman–Crippen LogP) is 1.91. The normalized spacial score (nSPS) is 25.4. The molecule has 0 bridgehead atoms. The summed E-state index contributed by atoms with van der Waals surface area (Å²) in [5.41, 5.74) is 2.38. The van der Waals surface area contributed by atoms with Crippen LogP contribution in [0.4, 0.5) is 0 Å². The van der Waals surface area contributed by atoms with Gasteiger partial charge < -0.3 is 15.1 Å². The van der Waals surface area contributed by atoms with E-state index in [0.717, 1.165) is 52.1 Å². The van der Waals surface area contributed by atoms with Crippen LogP contribution in [0.2, 0.25) is 0 Å². The number of nitrogens with one attached hydrogen (secondary N) is 1. The first-order chi connectivity index (χ1) is 14.1. The van der Waals surface area contributed by atoms with E-state index < -0.39 is 0 Å². The predicted molar refractivity (Wildman–Crippen MR) is 121 cm³/mol. The van der Waals surface area contributed by atoms with E-state index in [0.29, 0.717) is 19.0 Å². The van der Waals surface area contributed by atoms with Crippen LogP contribution in [-0.2, 0) is 22.6 Å². The third-order valence-corrected chi connectivity index (χ3v) is 6.99. The average molecular weight is 435 g/mol. The molecular formula is C23H35ClN4O2. The van der Waals surface area contributed by atoms with Gasteiger partial charge in [-0.25, -0.2) is 0 Å². The molecule has 0 saturated carbocycles. The van der Waals surface area contributed by atoms with Crippen LogP contribution in [0, 0.1) is 5.92 Å². The number of carbonyl (C=O) groups excluding carboxylic acids is 2. The molecule has 30 heavy (non-hydrogen) atoms. The molecule has 2 fully saturated rings. The number of hydrogen-bond acceptors (Lipinski definition) is 4. The molecule has 4 rings (SSSR count). The Hall–Kier alpha value is -1.63. The number of hydrogen-bond donors (Lipinski definition) is 1. The molecule has 3 aliphatic rings. The van der Waals surface area contributed by atoms with Gasteiger partial charge in [-0.1, -0.05) is 38.1 Å². The zero-order valence-corrected chi connectivity index (χ0v) is 19.0. The van der Waals surface area contributed by atoms with Gasteiger partial charge in [-0.15, -0.1) is 12.4 Å². The second-order valence-corrected chi connectivity index (χ2v) is 8.78. The molecule has 7 heteroatoms. The maximum Gasteiger partial charge on any atom is 0.245 e. The van der Waals surface area contributed by atoms with Crippen molar-refractivity contribution in [1.29, 1.82) is 0 Å². The van der Waals surface area contributed by atoms with E-state index in [1.807, 2.05) is 35.8 Å². The number of carbonyl (C=O) groups is 2. The minimum atomic E-state index is -0.367. The summed E-state index contributed by atoms with van der Waals surface area (Å²) in [5, 5.41) is 3.40. The van der Waals surface area contributed by atoms with Crippen molar-refractivity contribution in [3.63, 3.8) is 0 Å². The minimum absolute atomic E-state index is 0. The third-order valence-electron chi connectivity index (χ3n) is 6.99. The highest BCUT2D eigenvalue weighted by atomic mass is 35.5. The Morgan fingerprint density at radius 3 is 2.53 bits per heavy atom. The van der Waals surface area contributed by atoms with Crippen molar-refractivity contribution in [3.8, 4) is 0 Å². The van der Waals surface area contributed by atoms with Crippen LogP contribution in [-0.4, -0.2) is 77.9 Å². The number of likely N-dealkylation sites (tertiary alicyclic amines) is 1. The summed E-state index contributed by atoms with van der Waals surface area (Å²) in [5.74, 6) is 0.190. The number of amides is 2. The Labute approximate surface area is 186 Å². The van der Waals surface area contributed by atoms with Crippen LogP contribution in [0.25, 0.3) is 0 Å². The number of fused-ring (bicyclic) bond motifs is 1. The SMILES string of the molecule is CCC(C)C(=O)N1Cc2ccccc2CC1C(=O)N1CCC(N2CCNCC2)C1.Cl. The number of rotatable bonds is 4. The monoisotopic (exact) mass is 434 g/mol. The van der Waals surface area contributed by atoms with Gasteiger partial charge in [0.1, 0.15) is 6.04 Å². The number of benzene rings is 1. The second-order valence-electron chi connectivity index (χ2n) is 8.78. The van der Waals surface area contributed by atoms with Crippen LogP contribution in [0.3, 0.4) is 0 Å². The Kier molecular flexibility index (Phi) is 7.77. The van der Waals surface area contributed by atoms with E-state index in [1.54, 1.807) is 0 Å². The first-order valence-corrected chi connectivity index (χ1v) is 11.2. The van der Waals surface area contributed by atoms with Gasteiger partial charge in [-0.05, 0) is 24.0 Å². The Bertz CT molecular complexity index is 752. The van der Waals surface area contributed by atoms with Gasteiger partial charge in [0, 0.05) is 64.2 Å². The lowest BCUT2D eigenvalue weighted by molar-refractivity contribution is -0.148. The molecule has 0 spiro atoms. The highest BCUT2D eigenvalue weighted by molar-refractivity contribution is 5.89. The molecule has 166 valence electrons. The van der Waals surface area contributed by atoms with Crippen molar-refractivity contribution < 1.29 is 9.59 Å². The Balaban J connectivity index is 0.00000256. The van der Waals surface area contributed by atoms with E-state index in [4.69, 9.17) is 0 Å². The van der Waals surface area contributed by atoms with Gasteiger partial charge in [-0.3, -0.25) is 14.5 Å². The average Bonchev–Trinajstić information content (AvgIpc) is 3.27. The van der Waals surface area contributed by atoms with Crippen LogP contribution >= 0.6 is 12.4 Å². The van der Waals surface area contributed by atoms with Gasteiger partial charge in [0.15, 0.2) is 0 Å². The molecule has 1 N–H and O–H groups in total. The van der Waals surface area contributed by atoms with Crippen molar-refractivity contribution in [1.82, 2.24) is 20.0 Å². The first kappa shape index (κ1) is 23.0. The van der Waals surface area contributed by atoms with Crippen molar-refractivity contribution in [3.05, 3.63) is 35.4 Å². The quantitative estimate of drug-likeness (QED) is 0.786. The van der Waals surface area contributed by atoms with Gasteiger partial charge >= 0.3 is 0 Å². The molecule has 6 nitrogen and oxygen atoms in total. The molecule has 3 aliphatic heterocycles. The summed E-state index contributed by atoms with van der Waals surface area (Å²) in [6.07, 6.45) is 2.47. The Morgan fingerprint density at radius 1 is 1.13 bits per heavy atom. The lowest BCUT2D eigenvalue weighted by Crippen LogP contribution is -2.55. The summed E-state index contributed by atoms with van der Waals surface area (Å²) in [7, 11) is 0.